The molecule has 108 valence electrons. The van der Waals surface area contributed by atoms with Crippen molar-refractivity contribution >= 4 is 0 Å². The summed E-state index contributed by atoms with van der Waals surface area (Å²) in [6.07, 6.45) is 2.22. The van der Waals surface area contributed by atoms with Crippen LogP contribution in [0.5, 0.6) is 5.75 Å². The van der Waals surface area contributed by atoms with Crippen molar-refractivity contribution in [2.24, 2.45) is 0 Å². The second kappa shape index (κ2) is 8.94. The molecule has 1 aromatic rings. The van der Waals surface area contributed by atoms with Crippen LogP contribution in [0.15, 0.2) is 24.3 Å². The molecular formula is C16H28N2O. The van der Waals surface area contributed by atoms with E-state index in [2.05, 4.69) is 62.4 Å². The molecule has 0 heterocycles. The smallest absolute Gasteiger partial charge is 0.119 e. The van der Waals surface area contributed by atoms with E-state index in [9.17, 15) is 0 Å². The number of nitrogens with zero attached hydrogens (tertiary/aromatic N) is 1. The highest BCUT2D eigenvalue weighted by molar-refractivity contribution is 5.28. The van der Waals surface area contributed by atoms with Crippen LogP contribution in [0.4, 0.5) is 0 Å². The summed E-state index contributed by atoms with van der Waals surface area (Å²) in [6.45, 7) is 7.29. The number of benzene rings is 1. The van der Waals surface area contributed by atoms with Crippen LogP contribution >= 0.6 is 0 Å². The Morgan fingerprint density at radius 3 is 2.47 bits per heavy atom. The molecule has 3 nitrogen and oxygen atoms in total. The highest BCUT2D eigenvalue weighted by Gasteiger charge is 2.04. The van der Waals surface area contributed by atoms with Gasteiger partial charge in [0.05, 0.1) is 6.61 Å². The average Bonchev–Trinajstić information content (AvgIpc) is 2.41. The van der Waals surface area contributed by atoms with Gasteiger partial charge in [0.15, 0.2) is 0 Å². The molecule has 0 spiro atoms. The Bertz CT molecular complexity index is 335. The van der Waals surface area contributed by atoms with Gasteiger partial charge in [-0.25, -0.2) is 0 Å². The lowest BCUT2D eigenvalue weighted by Crippen LogP contribution is -2.19. The van der Waals surface area contributed by atoms with Gasteiger partial charge >= 0.3 is 0 Å². The molecule has 1 unspecified atom stereocenters. The van der Waals surface area contributed by atoms with Gasteiger partial charge in [0.1, 0.15) is 5.75 Å². The Kier molecular flexibility index (Phi) is 7.53. The van der Waals surface area contributed by atoms with E-state index >= 15 is 0 Å². The maximum absolute atomic E-state index is 5.73. The van der Waals surface area contributed by atoms with Gasteiger partial charge in [-0.3, -0.25) is 0 Å². The number of rotatable bonds is 9. The van der Waals surface area contributed by atoms with E-state index in [1.54, 1.807) is 0 Å². The third kappa shape index (κ3) is 6.60. The molecule has 0 fully saturated rings. The van der Waals surface area contributed by atoms with Crippen LogP contribution in [0.1, 0.15) is 38.3 Å². The molecule has 1 aromatic carbocycles. The SMILES string of the molecule is CCCNC(C)c1ccc(OCCCN(C)C)cc1. The van der Waals surface area contributed by atoms with Crippen molar-refractivity contribution in [3.8, 4) is 5.75 Å². The Morgan fingerprint density at radius 1 is 1.21 bits per heavy atom. The summed E-state index contributed by atoms with van der Waals surface area (Å²) in [5.41, 5.74) is 1.31. The summed E-state index contributed by atoms with van der Waals surface area (Å²) >= 11 is 0. The summed E-state index contributed by atoms with van der Waals surface area (Å²) in [6, 6.07) is 8.83. The molecule has 0 saturated carbocycles. The van der Waals surface area contributed by atoms with Gasteiger partial charge in [0, 0.05) is 12.6 Å². The summed E-state index contributed by atoms with van der Waals surface area (Å²) in [4.78, 5) is 2.17. The van der Waals surface area contributed by atoms with Gasteiger partial charge in [-0.1, -0.05) is 19.1 Å². The number of hydrogen-bond donors (Lipinski definition) is 1. The summed E-state index contributed by atoms with van der Waals surface area (Å²) < 4.78 is 5.73. The van der Waals surface area contributed by atoms with Crippen LogP contribution in [0.2, 0.25) is 0 Å². The third-order valence-electron chi connectivity index (χ3n) is 3.10. The van der Waals surface area contributed by atoms with E-state index in [1.807, 2.05) is 0 Å². The molecule has 3 heteroatoms. The standard InChI is InChI=1S/C16H28N2O/c1-5-11-17-14(2)15-7-9-16(10-8-15)19-13-6-12-18(3)4/h7-10,14,17H,5-6,11-13H2,1-4H3. The Balaban J connectivity index is 2.34. The molecule has 0 radical (unpaired) electrons. The largest absolute Gasteiger partial charge is 0.494 e. The van der Waals surface area contributed by atoms with E-state index in [1.165, 1.54) is 5.56 Å². The number of hydrogen-bond acceptors (Lipinski definition) is 3. The summed E-state index contributed by atoms with van der Waals surface area (Å²) in [7, 11) is 4.17. The molecule has 19 heavy (non-hydrogen) atoms. The van der Waals surface area contributed by atoms with Crippen LogP contribution in [-0.2, 0) is 0 Å². The van der Waals surface area contributed by atoms with Crippen LogP contribution < -0.4 is 10.1 Å². The zero-order valence-corrected chi connectivity index (χ0v) is 12.8. The molecule has 0 saturated heterocycles. The minimum absolute atomic E-state index is 0.405. The highest BCUT2D eigenvalue weighted by atomic mass is 16.5. The summed E-state index contributed by atoms with van der Waals surface area (Å²) in [5, 5.41) is 3.49. The minimum atomic E-state index is 0.405. The van der Waals surface area contributed by atoms with E-state index in [-0.39, 0.29) is 0 Å². The lowest BCUT2D eigenvalue weighted by Gasteiger charge is -2.14. The van der Waals surface area contributed by atoms with E-state index < -0.39 is 0 Å². The van der Waals surface area contributed by atoms with Crippen molar-refractivity contribution in [2.45, 2.75) is 32.7 Å². The fourth-order valence-corrected chi connectivity index (χ4v) is 1.90. The quantitative estimate of drug-likeness (QED) is 0.694. The maximum Gasteiger partial charge on any atom is 0.119 e. The number of nitrogens with one attached hydrogen (secondary N) is 1. The van der Waals surface area contributed by atoms with E-state index in [0.29, 0.717) is 6.04 Å². The molecule has 1 atom stereocenters. The molecule has 0 amide bonds. The lowest BCUT2D eigenvalue weighted by atomic mass is 10.1. The first-order chi connectivity index (χ1) is 9.13. The molecule has 0 aliphatic heterocycles. The van der Waals surface area contributed by atoms with Crippen LogP contribution in [0, 0.1) is 0 Å². The predicted molar refractivity (Wildman–Crippen MR) is 81.8 cm³/mol. The second-order valence-corrected chi connectivity index (χ2v) is 5.25. The van der Waals surface area contributed by atoms with Crippen molar-refractivity contribution in [3.05, 3.63) is 29.8 Å². The van der Waals surface area contributed by atoms with Gasteiger partial charge in [0.2, 0.25) is 0 Å². The lowest BCUT2D eigenvalue weighted by molar-refractivity contribution is 0.281. The van der Waals surface area contributed by atoms with Crippen molar-refractivity contribution in [2.75, 3.05) is 33.8 Å². The Hall–Kier alpha value is -1.06. The second-order valence-electron chi connectivity index (χ2n) is 5.25. The van der Waals surface area contributed by atoms with Crippen molar-refractivity contribution in [3.63, 3.8) is 0 Å². The Morgan fingerprint density at radius 2 is 1.89 bits per heavy atom. The zero-order chi connectivity index (χ0) is 14.1. The van der Waals surface area contributed by atoms with Gasteiger partial charge in [-0.05, 0) is 58.1 Å². The van der Waals surface area contributed by atoms with Crippen molar-refractivity contribution < 1.29 is 4.74 Å². The molecule has 0 aromatic heterocycles. The van der Waals surface area contributed by atoms with E-state index in [0.717, 1.165) is 38.3 Å². The normalized spacial score (nSPS) is 12.7. The number of ether oxygens (including phenoxy) is 1. The first-order valence-electron chi connectivity index (χ1n) is 7.24. The van der Waals surface area contributed by atoms with E-state index in [4.69, 9.17) is 4.74 Å². The molecule has 0 aliphatic carbocycles. The maximum atomic E-state index is 5.73. The van der Waals surface area contributed by atoms with Gasteiger partial charge in [-0.2, -0.15) is 0 Å². The Labute approximate surface area is 118 Å². The molecule has 0 aliphatic rings. The fourth-order valence-electron chi connectivity index (χ4n) is 1.90. The van der Waals surface area contributed by atoms with Crippen molar-refractivity contribution in [1.82, 2.24) is 10.2 Å². The predicted octanol–water partition coefficient (Wildman–Crippen LogP) is 3.08. The van der Waals surface area contributed by atoms with Crippen LogP contribution in [0.3, 0.4) is 0 Å². The van der Waals surface area contributed by atoms with Crippen LogP contribution in [-0.4, -0.2) is 38.7 Å². The molecule has 0 bridgehead atoms. The minimum Gasteiger partial charge on any atom is -0.494 e. The molecule has 1 N–H and O–H groups in total. The van der Waals surface area contributed by atoms with Gasteiger partial charge < -0.3 is 15.0 Å². The first-order valence-corrected chi connectivity index (χ1v) is 7.24. The average molecular weight is 264 g/mol. The van der Waals surface area contributed by atoms with Crippen molar-refractivity contribution in [1.29, 1.82) is 0 Å². The fraction of sp³-hybridized carbons (Fsp3) is 0.625. The zero-order valence-electron chi connectivity index (χ0n) is 12.8. The van der Waals surface area contributed by atoms with Gasteiger partial charge in [-0.15, -0.1) is 0 Å². The highest BCUT2D eigenvalue weighted by Crippen LogP contribution is 2.17. The summed E-state index contributed by atoms with van der Waals surface area (Å²) in [5.74, 6) is 0.963. The van der Waals surface area contributed by atoms with Gasteiger partial charge in [0.25, 0.3) is 0 Å². The first kappa shape index (κ1) is 16.0. The topological polar surface area (TPSA) is 24.5 Å². The third-order valence-corrected chi connectivity index (χ3v) is 3.10. The molecule has 1 rings (SSSR count). The van der Waals surface area contributed by atoms with Crippen LogP contribution in [0.25, 0.3) is 0 Å². The monoisotopic (exact) mass is 264 g/mol. The molecular weight excluding hydrogens is 236 g/mol.